The van der Waals surface area contributed by atoms with Gasteiger partial charge in [-0.1, -0.05) is 13.8 Å². The maximum Gasteiger partial charge on any atom is 0.289 e. The van der Waals surface area contributed by atoms with Crippen LogP contribution in [0.5, 0.6) is 0 Å². The molecule has 1 aromatic rings. The second kappa shape index (κ2) is 6.45. The molecule has 0 aliphatic carbocycles. The molecule has 1 heterocycles. The molecule has 4 nitrogen and oxygen atoms in total. The quantitative estimate of drug-likeness (QED) is 0.825. The van der Waals surface area contributed by atoms with E-state index >= 15 is 0 Å². The number of nitrogens with zero attached hydrogens (tertiary/aromatic N) is 1. The zero-order chi connectivity index (χ0) is 12.8. The van der Waals surface area contributed by atoms with E-state index in [1.54, 1.807) is 6.26 Å². The summed E-state index contributed by atoms with van der Waals surface area (Å²) in [6, 6.07) is 1.81. The fourth-order valence-corrected chi connectivity index (χ4v) is 1.73. The fourth-order valence-electron chi connectivity index (χ4n) is 1.73. The van der Waals surface area contributed by atoms with E-state index in [0.29, 0.717) is 24.8 Å². The molecule has 17 heavy (non-hydrogen) atoms. The van der Waals surface area contributed by atoms with Crippen molar-refractivity contribution in [3.05, 3.63) is 23.7 Å². The number of rotatable bonds is 6. The van der Waals surface area contributed by atoms with Crippen molar-refractivity contribution >= 4 is 5.91 Å². The molecule has 1 aromatic heterocycles. The first-order valence-corrected chi connectivity index (χ1v) is 6.09. The highest BCUT2D eigenvalue weighted by Gasteiger charge is 2.20. The van der Waals surface area contributed by atoms with Crippen molar-refractivity contribution in [2.75, 3.05) is 19.6 Å². The monoisotopic (exact) mass is 238 g/mol. The molecule has 0 aliphatic heterocycles. The third-order valence-electron chi connectivity index (χ3n) is 2.56. The summed E-state index contributed by atoms with van der Waals surface area (Å²) in [6.07, 6.45) is 2.37. The summed E-state index contributed by atoms with van der Waals surface area (Å²) in [5.74, 6) is 0.851. The summed E-state index contributed by atoms with van der Waals surface area (Å²) in [6.45, 7) is 8.09. The Kier molecular flexibility index (Phi) is 5.22. The van der Waals surface area contributed by atoms with Crippen molar-refractivity contribution in [2.45, 2.75) is 27.2 Å². The van der Waals surface area contributed by atoms with Gasteiger partial charge in [0.05, 0.1) is 6.26 Å². The first-order chi connectivity index (χ1) is 8.06. The van der Waals surface area contributed by atoms with E-state index in [-0.39, 0.29) is 5.91 Å². The van der Waals surface area contributed by atoms with E-state index in [0.717, 1.165) is 18.5 Å². The first kappa shape index (κ1) is 13.8. The Balaban J connectivity index is 2.75. The zero-order valence-electron chi connectivity index (χ0n) is 10.9. The Morgan fingerprint density at radius 1 is 1.53 bits per heavy atom. The van der Waals surface area contributed by atoms with Gasteiger partial charge < -0.3 is 15.1 Å². The molecule has 0 fully saturated rings. The molecule has 4 heteroatoms. The molecule has 0 saturated heterocycles. The maximum atomic E-state index is 12.3. The Hall–Kier alpha value is -1.29. The van der Waals surface area contributed by atoms with Gasteiger partial charge in [-0.3, -0.25) is 4.79 Å². The predicted molar refractivity (Wildman–Crippen MR) is 67.9 cm³/mol. The van der Waals surface area contributed by atoms with Crippen LogP contribution in [0.4, 0.5) is 0 Å². The molecule has 0 bridgehead atoms. The number of hydrogen-bond donors (Lipinski definition) is 1. The van der Waals surface area contributed by atoms with Crippen LogP contribution < -0.4 is 5.73 Å². The Bertz CT molecular complexity index is 358. The number of carbonyl (C=O) groups excluding carboxylic acids is 1. The highest BCUT2D eigenvalue weighted by Crippen LogP contribution is 2.13. The van der Waals surface area contributed by atoms with E-state index in [2.05, 4.69) is 13.8 Å². The van der Waals surface area contributed by atoms with Crippen LogP contribution in [-0.2, 0) is 0 Å². The molecule has 2 N–H and O–H groups in total. The highest BCUT2D eigenvalue weighted by atomic mass is 16.3. The molecule has 0 aromatic carbocycles. The van der Waals surface area contributed by atoms with Gasteiger partial charge in [-0.2, -0.15) is 0 Å². The van der Waals surface area contributed by atoms with Crippen LogP contribution in [0.3, 0.4) is 0 Å². The Labute approximate surface area is 103 Å². The molecule has 1 amide bonds. The van der Waals surface area contributed by atoms with Crippen molar-refractivity contribution < 1.29 is 9.21 Å². The van der Waals surface area contributed by atoms with E-state index in [1.807, 2.05) is 17.9 Å². The minimum Gasteiger partial charge on any atom is -0.459 e. The molecular weight excluding hydrogens is 216 g/mol. The van der Waals surface area contributed by atoms with Gasteiger partial charge in [0.2, 0.25) is 0 Å². The molecule has 96 valence electrons. The molecule has 0 atom stereocenters. The first-order valence-electron chi connectivity index (χ1n) is 6.09. The Morgan fingerprint density at radius 2 is 2.24 bits per heavy atom. The topological polar surface area (TPSA) is 59.5 Å². The molecular formula is C13H22N2O2. The smallest absolute Gasteiger partial charge is 0.289 e. The third kappa shape index (κ3) is 3.89. The van der Waals surface area contributed by atoms with Crippen LogP contribution in [0.1, 0.15) is 36.4 Å². The second-order valence-electron chi connectivity index (χ2n) is 4.72. The van der Waals surface area contributed by atoms with Gasteiger partial charge in [0.15, 0.2) is 5.76 Å². The van der Waals surface area contributed by atoms with Crippen LogP contribution in [0, 0.1) is 12.8 Å². The second-order valence-corrected chi connectivity index (χ2v) is 4.72. The van der Waals surface area contributed by atoms with Gasteiger partial charge in [-0.15, -0.1) is 0 Å². The fraction of sp³-hybridized carbons (Fsp3) is 0.615. The normalized spacial score (nSPS) is 10.9. The summed E-state index contributed by atoms with van der Waals surface area (Å²) in [5, 5.41) is 0. The summed E-state index contributed by atoms with van der Waals surface area (Å²) in [5.41, 5.74) is 6.38. The van der Waals surface area contributed by atoms with Gasteiger partial charge >= 0.3 is 0 Å². The lowest BCUT2D eigenvalue weighted by Gasteiger charge is -2.23. The van der Waals surface area contributed by atoms with Gasteiger partial charge in [0.1, 0.15) is 0 Å². The van der Waals surface area contributed by atoms with Crippen LogP contribution in [-0.4, -0.2) is 30.4 Å². The highest BCUT2D eigenvalue weighted by molar-refractivity contribution is 5.92. The lowest BCUT2D eigenvalue weighted by atomic mass is 10.1. The third-order valence-corrected chi connectivity index (χ3v) is 2.56. The van der Waals surface area contributed by atoms with Gasteiger partial charge in [0, 0.05) is 18.7 Å². The number of aryl methyl sites for hydroxylation is 1. The average Bonchev–Trinajstić information content (AvgIpc) is 2.69. The van der Waals surface area contributed by atoms with E-state index < -0.39 is 0 Å². The molecule has 1 rings (SSSR count). The molecule has 0 aliphatic rings. The van der Waals surface area contributed by atoms with Crippen LogP contribution in [0.15, 0.2) is 16.7 Å². The van der Waals surface area contributed by atoms with Crippen molar-refractivity contribution in [1.29, 1.82) is 0 Å². The lowest BCUT2D eigenvalue weighted by Crippen LogP contribution is -2.36. The Morgan fingerprint density at radius 3 is 2.71 bits per heavy atom. The molecule has 0 spiro atoms. The maximum absolute atomic E-state index is 12.3. The number of nitrogens with two attached hydrogens (primary N) is 1. The van der Waals surface area contributed by atoms with E-state index in [1.165, 1.54) is 0 Å². The standard InChI is InChI=1S/C13H22N2O2/c1-10(2)9-15(7-4-6-14)13(16)12-11(3)5-8-17-12/h5,8,10H,4,6-7,9,14H2,1-3H3. The lowest BCUT2D eigenvalue weighted by molar-refractivity contribution is 0.0702. The van der Waals surface area contributed by atoms with Crippen LogP contribution >= 0.6 is 0 Å². The summed E-state index contributed by atoms with van der Waals surface area (Å²) >= 11 is 0. The molecule has 0 unspecified atom stereocenters. The molecule has 0 radical (unpaired) electrons. The minimum atomic E-state index is -0.0327. The van der Waals surface area contributed by atoms with Gasteiger partial charge in [-0.25, -0.2) is 0 Å². The summed E-state index contributed by atoms with van der Waals surface area (Å²) in [7, 11) is 0. The van der Waals surface area contributed by atoms with E-state index in [4.69, 9.17) is 10.2 Å². The van der Waals surface area contributed by atoms with Crippen molar-refractivity contribution in [2.24, 2.45) is 11.7 Å². The minimum absolute atomic E-state index is 0.0327. The number of amides is 1. The number of carbonyl (C=O) groups is 1. The number of hydrogen-bond acceptors (Lipinski definition) is 3. The average molecular weight is 238 g/mol. The zero-order valence-corrected chi connectivity index (χ0v) is 10.9. The largest absolute Gasteiger partial charge is 0.459 e. The van der Waals surface area contributed by atoms with Crippen LogP contribution in [0.25, 0.3) is 0 Å². The van der Waals surface area contributed by atoms with Crippen LogP contribution in [0.2, 0.25) is 0 Å². The predicted octanol–water partition coefficient (Wildman–Crippen LogP) is 2.04. The van der Waals surface area contributed by atoms with Crippen molar-refractivity contribution in [1.82, 2.24) is 4.90 Å². The van der Waals surface area contributed by atoms with Crippen molar-refractivity contribution in [3.63, 3.8) is 0 Å². The number of furan rings is 1. The van der Waals surface area contributed by atoms with Crippen molar-refractivity contribution in [3.8, 4) is 0 Å². The summed E-state index contributed by atoms with van der Waals surface area (Å²) < 4.78 is 5.25. The molecule has 0 saturated carbocycles. The van der Waals surface area contributed by atoms with Gasteiger partial charge in [0.25, 0.3) is 5.91 Å². The van der Waals surface area contributed by atoms with E-state index in [9.17, 15) is 4.79 Å². The SMILES string of the molecule is Cc1ccoc1C(=O)N(CCCN)CC(C)C. The van der Waals surface area contributed by atoms with Gasteiger partial charge in [-0.05, 0) is 31.9 Å². The summed E-state index contributed by atoms with van der Waals surface area (Å²) in [4.78, 5) is 14.1.